The minimum Gasteiger partial charge on any atom is -0.332 e. The summed E-state index contributed by atoms with van der Waals surface area (Å²) in [5, 5.41) is 4.85. The Labute approximate surface area is 181 Å². The molecule has 2 aromatic heterocycles. The minimum atomic E-state index is -0.577. The maximum absolute atomic E-state index is 13.5. The van der Waals surface area contributed by atoms with Gasteiger partial charge in [0, 0.05) is 29.9 Å². The van der Waals surface area contributed by atoms with E-state index in [0.29, 0.717) is 12.5 Å². The first-order chi connectivity index (χ1) is 14.7. The van der Waals surface area contributed by atoms with Gasteiger partial charge < -0.3 is 4.90 Å². The maximum Gasteiger partial charge on any atom is 0.246 e. The molecule has 1 aromatic carbocycles. The first-order valence-corrected chi connectivity index (χ1v) is 11.1. The Hall–Kier alpha value is -2.44. The Morgan fingerprint density at radius 1 is 1.13 bits per heavy atom. The van der Waals surface area contributed by atoms with E-state index in [4.69, 9.17) is 21.9 Å². The number of hydrogen-bond donors (Lipinski definition) is 1. The quantitative estimate of drug-likeness (QED) is 0.615. The number of nitrogens with one attached hydrogen (secondary N) is 1. The summed E-state index contributed by atoms with van der Waals surface area (Å²) < 4.78 is 1.91. The molecule has 0 spiro atoms. The lowest BCUT2D eigenvalue weighted by Gasteiger charge is -2.36. The second-order valence-electron chi connectivity index (χ2n) is 8.43. The van der Waals surface area contributed by atoms with E-state index in [1.807, 2.05) is 39.7 Å². The lowest BCUT2D eigenvalue weighted by atomic mass is 9.97. The first-order valence-electron chi connectivity index (χ1n) is 10.7. The van der Waals surface area contributed by atoms with E-state index in [1.54, 1.807) is 0 Å². The molecule has 1 unspecified atom stereocenters. The topological polar surface area (TPSA) is 62.5 Å². The standard InChI is InChI=1S/C23H26ClN5O/c1-15-13-18(16-10-11-16)25-21-14-19(27-29(15)21)20-9-5-6-12-28(20)23(30)22(26-24)17-7-3-2-4-8-17/h2-4,7-8,13-14,16,20,22,26H,5-6,9-12H2,1H3/t20-,22?/m0/s1. The molecule has 2 atom stereocenters. The summed E-state index contributed by atoms with van der Waals surface area (Å²) in [4.78, 5) is 23.0. The van der Waals surface area contributed by atoms with Crippen LogP contribution in [0.4, 0.5) is 0 Å². The monoisotopic (exact) mass is 423 g/mol. The maximum atomic E-state index is 13.5. The second kappa shape index (κ2) is 8.00. The first kappa shape index (κ1) is 19.5. The number of carbonyl (C=O) groups excluding carboxylic acids is 1. The number of aryl methyl sites for hydroxylation is 1. The van der Waals surface area contributed by atoms with Gasteiger partial charge in [-0.1, -0.05) is 30.3 Å². The number of rotatable bonds is 5. The van der Waals surface area contributed by atoms with Gasteiger partial charge in [0.2, 0.25) is 5.91 Å². The van der Waals surface area contributed by atoms with Gasteiger partial charge in [0.15, 0.2) is 5.65 Å². The van der Waals surface area contributed by atoms with Gasteiger partial charge >= 0.3 is 0 Å². The Kier molecular flexibility index (Phi) is 5.21. The van der Waals surface area contributed by atoms with Crippen LogP contribution in [0.1, 0.15) is 72.8 Å². The highest BCUT2D eigenvalue weighted by molar-refractivity contribution is 6.15. The Bertz CT molecular complexity index is 1060. The Morgan fingerprint density at radius 2 is 1.93 bits per heavy atom. The molecule has 3 aromatic rings. The zero-order valence-corrected chi connectivity index (χ0v) is 17.8. The Balaban J connectivity index is 1.47. The molecule has 30 heavy (non-hydrogen) atoms. The van der Waals surface area contributed by atoms with Crippen molar-refractivity contribution in [2.45, 2.75) is 57.0 Å². The van der Waals surface area contributed by atoms with Crippen LogP contribution in [0.3, 0.4) is 0 Å². The summed E-state index contributed by atoms with van der Waals surface area (Å²) >= 11 is 6.02. The number of nitrogens with zero attached hydrogens (tertiary/aromatic N) is 4. The van der Waals surface area contributed by atoms with E-state index < -0.39 is 6.04 Å². The van der Waals surface area contributed by atoms with Gasteiger partial charge in [-0.3, -0.25) is 4.79 Å². The number of piperidine rings is 1. The Morgan fingerprint density at radius 3 is 2.67 bits per heavy atom. The molecule has 1 aliphatic carbocycles. The van der Waals surface area contributed by atoms with Crippen LogP contribution >= 0.6 is 11.8 Å². The van der Waals surface area contributed by atoms with E-state index >= 15 is 0 Å². The number of amides is 1. The van der Waals surface area contributed by atoms with Gasteiger partial charge in [0.25, 0.3) is 0 Å². The van der Waals surface area contributed by atoms with Crippen molar-refractivity contribution in [3.05, 3.63) is 65.1 Å². The number of carbonyl (C=O) groups is 1. The molecule has 1 N–H and O–H groups in total. The second-order valence-corrected chi connectivity index (χ2v) is 8.65. The summed E-state index contributed by atoms with van der Waals surface area (Å²) in [6.07, 6.45) is 5.41. The predicted molar refractivity (Wildman–Crippen MR) is 116 cm³/mol. The van der Waals surface area contributed by atoms with E-state index in [1.165, 1.54) is 18.5 Å². The highest BCUT2D eigenvalue weighted by atomic mass is 35.5. The number of benzene rings is 1. The molecule has 0 bridgehead atoms. The molecule has 2 fully saturated rings. The zero-order chi connectivity index (χ0) is 20.7. The van der Waals surface area contributed by atoms with E-state index in [0.717, 1.165) is 41.9 Å². The van der Waals surface area contributed by atoms with Crippen LogP contribution < -0.4 is 4.84 Å². The summed E-state index contributed by atoms with van der Waals surface area (Å²) in [6.45, 7) is 2.78. The molecule has 1 amide bonds. The number of fused-ring (bicyclic) bond motifs is 1. The largest absolute Gasteiger partial charge is 0.332 e. The third-order valence-electron chi connectivity index (χ3n) is 6.26. The van der Waals surface area contributed by atoms with Crippen molar-refractivity contribution in [3.8, 4) is 0 Å². The molecule has 6 nitrogen and oxygen atoms in total. The van der Waals surface area contributed by atoms with Gasteiger partial charge in [0.1, 0.15) is 6.04 Å². The molecule has 5 rings (SSSR count). The smallest absolute Gasteiger partial charge is 0.246 e. The average molecular weight is 424 g/mol. The average Bonchev–Trinajstić information content (AvgIpc) is 3.54. The van der Waals surface area contributed by atoms with Crippen molar-refractivity contribution in [3.63, 3.8) is 0 Å². The van der Waals surface area contributed by atoms with Gasteiger partial charge in [-0.25, -0.2) is 14.3 Å². The summed E-state index contributed by atoms with van der Waals surface area (Å²) in [5.74, 6) is 0.586. The summed E-state index contributed by atoms with van der Waals surface area (Å²) in [7, 11) is 0. The van der Waals surface area contributed by atoms with Crippen molar-refractivity contribution in [2.75, 3.05) is 6.54 Å². The molecule has 2 aliphatic rings. The van der Waals surface area contributed by atoms with Crippen LogP contribution in [0, 0.1) is 6.92 Å². The van der Waals surface area contributed by atoms with E-state index in [-0.39, 0.29) is 11.9 Å². The van der Waals surface area contributed by atoms with Crippen LogP contribution in [-0.4, -0.2) is 31.9 Å². The number of likely N-dealkylation sites (tertiary alicyclic amines) is 1. The number of halogens is 1. The molecule has 3 heterocycles. The van der Waals surface area contributed by atoms with Crippen molar-refractivity contribution in [1.82, 2.24) is 24.3 Å². The molecular weight excluding hydrogens is 398 g/mol. The third-order valence-corrected chi connectivity index (χ3v) is 6.47. The molecular formula is C23H26ClN5O. The van der Waals surface area contributed by atoms with Gasteiger partial charge in [-0.2, -0.15) is 5.10 Å². The zero-order valence-electron chi connectivity index (χ0n) is 17.1. The lowest BCUT2D eigenvalue weighted by molar-refractivity contribution is -0.137. The summed E-state index contributed by atoms with van der Waals surface area (Å²) in [6, 6.07) is 13.2. The molecule has 156 valence electrons. The van der Waals surface area contributed by atoms with Crippen molar-refractivity contribution < 1.29 is 4.79 Å². The number of aromatic nitrogens is 3. The van der Waals surface area contributed by atoms with Crippen LogP contribution in [0.25, 0.3) is 5.65 Å². The predicted octanol–water partition coefficient (Wildman–Crippen LogP) is 4.45. The molecule has 0 radical (unpaired) electrons. The van der Waals surface area contributed by atoms with E-state index in [9.17, 15) is 4.79 Å². The lowest BCUT2D eigenvalue weighted by Crippen LogP contribution is -2.43. The molecule has 7 heteroatoms. The van der Waals surface area contributed by atoms with Gasteiger partial charge in [0.05, 0.1) is 11.7 Å². The van der Waals surface area contributed by atoms with Crippen LogP contribution in [-0.2, 0) is 4.79 Å². The van der Waals surface area contributed by atoms with Crippen LogP contribution in [0.15, 0.2) is 42.5 Å². The SMILES string of the molecule is Cc1cc(C2CC2)nc2cc([C@@H]3CCCCN3C(=O)C(NCl)c3ccccc3)nn12. The third kappa shape index (κ3) is 3.59. The fourth-order valence-corrected chi connectivity index (χ4v) is 4.70. The number of hydrogen-bond acceptors (Lipinski definition) is 4. The highest BCUT2D eigenvalue weighted by Crippen LogP contribution is 2.40. The van der Waals surface area contributed by atoms with Crippen molar-refractivity contribution in [1.29, 1.82) is 0 Å². The van der Waals surface area contributed by atoms with Crippen molar-refractivity contribution in [2.24, 2.45) is 0 Å². The molecule has 1 saturated heterocycles. The molecule has 1 saturated carbocycles. The normalized spacial score (nSPS) is 20.5. The highest BCUT2D eigenvalue weighted by Gasteiger charge is 2.34. The van der Waals surface area contributed by atoms with Crippen LogP contribution in [0.2, 0.25) is 0 Å². The van der Waals surface area contributed by atoms with E-state index in [2.05, 4.69) is 23.9 Å². The summed E-state index contributed by atoms with van der Waals surface area (Å²) in [5.41, 5.74) is 4.90. The fraction of sp³-hybridized carbons (Fsp3) is 0.435. The van der Waals surface area contributed by atoms with Crippen LogP contribution in [0.5, 0.6) is 0 Å². The van der Waals surface area contributed by atoms with Crippen molar-refractivity contribution >= 4 is 23.3 Å². The fourth-order valence-electron chi connectivity index (χ4n) is 4.49. The van der Waals surface area contributed by atoms with Gasteiger partial charge in [-0.05, 0) is 62.4 Å². The minimum absolute atomic E-state index is 0.0127. The van der Waals surface area contributed by atoms with Gasteiger partial charge in [-0.15, -0.1) is 0 Å². The molecule has 1 aliphatic heterocycles.